The highest BCUT2D eigenvalue weighted by molar-refractivity contribution is 9.10. The summed E-state index contributed by atoms with van der Waals surface area (Å²) in [5, 5.41) is 3.31. The zero-order valence-electron chi connectivity index (χ0n) is 9.59. The minimum Gasteiger partial charge on any atom is -0.496 e. The van der Waals surface area contributed by atoms with E-state index in [1.165, 1.54) is 11.1 Å². The molecule has 2 rings (SSSR count). The van der Waals surface area contributed by atoms with Gasteiger partial charge in [-0.15, -0.1) is 0 Å². The van der Waals surface area contributed by atoms with E-state index in [2.05, 4.69) is 52.4 Å². The lowest BCUT2D eigenvalue weighted by molar-refractivity contribution is 0.218. The van der Waals surface area contributed by atoms with Gasteiger partial charge in [0.2, 0.25) is 0 Å². The molecule has 0 saturated heterocycles. The van der Waals surface area contributed by atoms with Crippen LogP contribution in [0.1, 0.15) is 23.6 Å². The fourth-order valence-electron chi connectivity index (χ4n) is 1.97. The first-order valence-electron chi connectivity index (χ1n) is 5.48. The Morgan fingerprint density at radius 2 is 2.25 bits per heavy atom. The number of benzene rings is 1. The zero-order chi connectivity index (χ0) is 11.5. The van der Waals surface area contributed by atoms with E-state index in [9.17, 15) is 0 Å². The van der Waals surface area contributed by atoms with E-state index in [0.29, 0.717) is 0 Å². The summed E-state index contributed by atoms with van der Waals surface area (Å²) in [6.07, 6.45) is 3.17. The van der Waals surface area contributed by atoms with Crippen LogP contribution in [0.25, 0.3) is 0 Å². The monoisotopic (exact) mass is 281 g/mol. The van der Waals surface area contributed by atoms with Gasteiger partial charge in [0.1, 0.15) is 5.76 Å². The van der Waals surface area contributed by atoms with Crippen LogP contribution in [-0.4, -0.2) is 13.7 Å². The third-order valence-electron chi connectivity index (χ3n) is 2.77. The molecule has 1 aliphatic heterocycles. The highest BCUT2D eigenvalue weighted by Crippen LogP contribution is 2.31. The Morgan fingerprint density at radius 1 is 1.44 bits per heavy atom. The lowest BCUT2D eigenvalue weighted by Crippen LogP contribution is -2.19. The number of nitrogens with one attached hydrogen (secondary N) is 1. The van der Waals surface area contributed by atoms with Crippen molar-refractivity contribution in [1.29, 1.82) is 0 Å². The second-order valence-corrected chi connectivity index (χ2v) is 4.84. The molecule has 3 heteroatoms. The fourth-order valence-corrected chi connectivity index (χ4v) is 2.45. The van der Waals surface area contributed by atoms with Gasteiger partial charge >= 0.3 is 0 Å². The third kappa shape index (κ3) is 2.30. The van der Waals surface area contributed by atoms with Crippen LogP contribution in [0.4, 0.5) is 0 Å². The second-order valence-electron chi connectivity index (χ2n) is 3.99. The maximum atomic E-state index is 5.63. The molecule has 1 aromatic carbocycles. The molecule has 0 bridgehead atoms. The van der Waals surface area contributed by atoms with Crippen LogP contribution in [0.3, 0.4) is 0 Å². The standard InChI is InChI=1S/C13H16BrNO/c1-9-5-6-11(14)10(8-9)13(15-2)12-4-3-7-16-12/h4-6,8,13,15H,3,7H2,1-2H3. The normalized spacial score (nSPS) is 16.8. The molecule has 1 unspecified atom stereocenters. The number of hydrogen-bond donors (Lipinski definition) is 1. The third-order valence-corrected chi connectivity index (χ3v) is 3.49. The van der Waals surface area contributed by atoms with Gasteiger partial charge in [0.05, 0.1) is 12.6 Å². The molecular formula is C13H16BrNO. The van der Waals surface area contributed by atoms with Crippen molar-refractivity contribution >= 4 is 15.9 Å². The van der Waals surface area contributed by atoms with Crippen LogP contribution in [0.15, 0.2) is 34.5 Å². The number of rotatable bonds is 3. The van der Waals surface area contributed by atoms with E-state index in [-0.39, 0.29) is 6.04 Å². The average Bonchev–Trinajstić information content (AvgIpc) is 2.78. The highest BCUT2D eigenvalue weighted by Gasteiger charge is 2.21. The molecule has 0 amide bonds. The first-order chi connectivity index (χ1) is 7.72. The molecule has 1 atom stereocenters. The van der Waals surface area contributed by atoms with Crippen LogP contribution in [0.2, 0.25) is 0 Å². The van der Waals surface area contributed by atoms with Gasteiger partial charge in [0, 0.05) is 10.9 Å². The van der Waals surface area contributed by atoms with Gasteiger partial charge in [0.25, 0.3) is 0 Å². The molecule has 0 aromatic heterocycles. The lowest BCUT2D eigenvalue weighted by Gasteiger charge is -2.19. The summed E-state index contributed by atoms with van der Waals surface area (Å²) in [5.41, 5.74) is 2.49. The molecular weight excluding hydrogens is 266 g/mol. The van der Waals surface area contributed by atoms with Crippen LogP contribution in [-0.2, 0) is 4.74 Å². The Kier molecular flexibility index (Phi) is 3.66. The maximum absolute atomic E-state index is 5.63. The highest BCUT2D eigenvalue weighted by atomic mass is 79.9. The maximum Gasteiger partial charge on any atom is 0.114 e. The average molecular weight is 282 g/mol. The van der Waals surface area contributed by atoms with Gasteiger partial charge in [-0.25, -0.2) is 0 Å². The van der Waals surface area contributed by atoms with Gasteiger partial charge in [-0.2, -0.15) is 0 Å². The number of halogens is 1. The predicted octanol–water partition coefficient (Wildman–Crippen LogP) is 3.32. The van der Waals surface area contributed by atoms with E-state index in [0.717, 1.165) is 23.3 Å². The second kappa shape index (κ2) is 5.02. The van der Waals surface area contributed by atoms with Crippen molar-refractivity contribution in [1.82, 2.24) is 5.32 Å². The van der Waals surface area contributed by atoms with Crippen LogP contribution < -0.4 is 5.32 Å². The minimum atomic E-state index is 0.150. The van der Waals surface area contributed by atoms with Crippen LogP contribution in [0.5, 0.6) is 0 Å². The molecule has 1 N–H and O–H groups in total. The van der Waals surface area contributed by atoms with E-state index in [1.54, 1.807) is 0 Å². The predicted molar refractivity (Wildman–Crippen MR) is 69.3 cm³/mol. The van der Waals surface area contributed by atoms with Crippen molar-refractivity contribution in [3.8, 4) is 0 Å². The van der Waals surface area contributed by atoms with Crippen molar-refractivity contribution < 1.29 is 4.74 Å². The number of likely N-dealkylation sites (N-methyl/N-ethyl adjacent to an activating group) is 1. The number of ether oxygens (including phenoxy) is 1. The van der Waals surface area contributed by atoms with E-state index in [1.807, 2.05) is 7.05 Å². The summed E-state index contributed by atoms with van der Waals surface area (Å²) in [4.78, 5) is 0. The van der Waals surface area contributed by atoms with Crippen molar-refractivity contribution in [3.05, 3.63) is 45.6 Å². The van der Waals surface area contributed by atoms with Gasteiger partial charge in [-0.1, -0.05) is 33.6 Å². The van der Waals surface area contributed by atoms with Crippen molar-refractivity contribution in [2.75, 3.05) is 13.7 Å². The van der Waals surface area contributed by atoms with Gasteiger partial charge < -0.3 is 10.1 Å². The smallest absolute Gasteiger partial charge is 0.114 e. The first kappa shape index (κ1) is 11.7. The molecule has 0 saturated carbocycles. The SMILES string of the molecule is CNC(C1=CCCO1)c1cc(C)ccc1Br. The van der Waals surface area contributed by atoms with E-state index < -0.39 is 0 Å². The number of aryl methyl sites for hydroxylation is 1. The largest absolute Gasteiger partial charge is 0.496 e. The van der Waals surface area contributed by atoms with Crippen molar-refractivity contribution in [2.24, 2.45) is 0 Å². The minimum absolute atomic E-state index is 0.150. The fraction of sp³-hybridized carbons (Fsp3) is 0.385. The Morgan fingerprint density at radius 3 is 2.88 bits per heavy atom. The number of hydrogen-bond acceptors (Lipinski definition) is 2. The van der Waals surface area contributed by atoms with Crippen LogP contribution >= 0.6 is 15.9 Å². The van der Waals surface area contributed by atoms with Gasteiger partial charge in [-0.3, -0.25) is 0 Å². The molecule has 16 heavy (non-hydrogen) atoms. The molecule has 86 valence electrons. The van der Waals surface area contributed by atoms with E-state index in [4.69, 9.17) is 4.74 Å². The Hall–Kier alpha value is -0.800. The quantitative estimate of drug-likeness (QED) is 0.918. The first-order valence-corrected chi connectivity index (χ1v) is 6.28. The summed E-state index contributed by atoms with van der Waals surface area (Å²) in [7, 11) is 1.96. The summed E-state index contributed by atoms with van der Waals surface area (Å²) in [5.74, 6) is 1.04. The molecule has 1 aromatic rings. The van der Waals surface area contributed by atoms with Gasteiger partial charge in [0.15, 0.2) is 0 Å². The Labute approximate surface area is 105 Å². The molecule has 1 heterocycles. The topological polar surface area (TPSA) is 21.3 Å². The summed E-state index contributed by atoms with van der Waals surface area (Å²) in [6.45, 7) is 2.91. The van der Waals surface area contributed by atoms with Crippen LogP contribution in [0, 0.1) is 6.92 Å². The summed E-state index contributed by atoms with van der Waals surface area (Å²) < 4.78 is 6.75. The Balaban J connectivity index is 2.35. The van der Waals surface area contributed by atoms with Crippen molar-refractivity contribution in [3.63, 3.8) is 0 Å². The van der Waals surface area contributed by atoms with Crippen molar-refractivity contribution in [2.45, 2.75) is 19.4 Å². The molecule has 0 spiro atoms. The lowest BCUT2D eigenvalue weighted by atomic mass is 10.0. The Bertz CT molecular complexity index is 414. The molecule has 0 aliphatic carbocycles. The molecule has 0 radical (unpaired) electrons. The van der Waals surface area contributed by atoms with E-state index >= 15 is 0 Å². The molecule has 2 nitrogen and oxygen atoms in total. The molecule has 0 fully saturated rings. The zero-order valence-corrected chi connectivity index (χ0v) is 11.2. The van der Waals surface area contributed by atoms with Gasteiger partial charge in [-0.05, 0) is 31.7 Å². The molecule has 1 aliphatic rings. The summed E-state index contributed by atoms with van der Waals surface area (Å²) in [6, 6.07) is 6.53. The summed E-state index contributed by atoms with van der Waals surface area (Å²) >= 11 is 3.60.